The molecule has 0 saturated carbocycles. The van der Waals surface area contributed by atoms with Crippen molar-refractivity contribution in [2.75, 3.05) is 12.9 Å². The molecular formula is C15H21NO2S. The molecule has 1 aliphatic carbocycles. The lowest BCUT2D eigenvalue weighted by atomic mass is 10.00. The van der Waals surface area contributed by atoms with Gasteiger partial charge in [0, 0.05) is 17.0 Å². The van der Waals surface area contributed by atoms with E-state index in [1.807, 2.05) is 0 Å². The highest BCUT2D eigenvalue weighted by Gasteiger charge is 2.24. The van der Waals surface area contributed by atoms with Gasteiger partial charge in [-0.05, 0) is 30.4 Å². The zero-order chi connectivity index (χ0) is 13.7. The number of ether oxygens (including phenoxy) is 1. The number of hydrogen-bond donors (Lipinski definition) is 1. The number of benzene rings is 1. The van der Waals surface area contributed by atoms with Crippen LogP contribution < -0.4 is 5.73 Å². The lowest BCUT2D eigenvalue weighted by molar-refractivity contribution is -0.140. The quantitative estimate of drug-likeness (QED) is 0.680. The Labute approximate surface area is 118 Å². The van der Waals surface area contributed by atoms with Crippen LogP contribution in [0.5, 0.6) is 0 Å². The molecule has 0 heterocycles. The van der Waals surface area contributed by atoms with Gasteiger partial charge in [0.1, 0.15) is 0 Å². The maximum Gasteiger partial charge on any atom is 0.306 e. The average Bonchev–Trinajstić information content (AvgIpc) is 2.59. The number of carbonyl (C=O) groups is 1. The first-order valence-electron chi connectivity index (χ1n) is 6.74. The summed E-state index contributed by atoms with van der Waals surface area (Å²) >= 11 is 1.80. The van der Waals surface area contributed by atoms with Gasteiger partial charge in [0.15, 0.2) is 0 Å². The Morgan fingerprint density at radius 3 is 3.05 bits per heavy atom. The molecule has 2 N–H and O–H groups in total. The molecule has 2 rings (SSSR count). The first kappa shape index (κ1) is 14.4. The fourth-order valence-electron chi connectivity index (χ4n) is 2.54. The Morgan fingerprint density at radius 1 is 1.47 bits per heavy atom. The van der Waals surface area contributed by atoms with Crippen LogP contribution in [0.2, 0.25) is 0 Å². The zero-order valence-electron chi connectivity index (χ0n) is 11.3. The Balaban J connectivity index is 1.97. The molecule has 0 aliphatic heterocycles. The van der Waals surface area contributed by atoms with E-state index in [9.17, 15) is 4.79 Å². The van der Waals surface area contributed by atoms with Gasteiger partial charge < -0.3 is 10.5 Å². The van der Waals surface area contributed by atoms with E-state index in [2.05, 4.69) is 29.0 Å². The van der Waals surface area contributed by atoms with E-state index in [0.29, 0.717) is 11.7 Å². The SMILES string of the molecule is COC(=O)CCSC1CCCc2ccccc2C1N. The van der Waals surface area contributed by atoms with E-state index in [4.69, 9.17) is 5.73 Å². The minimum atomic E-state index is -0.143. The maximum atomic E-state index is 11.1. The molecule has 104 valence electrons. The van der Waals surface area contributed by atoms with Crippen LogP contribution in [-0.2, 0) is 16.0 Å². The third-order valence-corrected chi connectivity index (χ3v) is 5.01. The van der Waals surface area contributed by atoms with E-state index in [1.165, 1.54) is 24.7 Å². The number of fused-ring (bicyclic) bond motifs is 1. The van der Waals surface area contributed by atoms with Crippen LogP contribution in [0, 0.1) is 0 Å². The predicted molar refractivity (Wildman–Crippen MR) is 79.2 cm³/mol. The van der Waals surface area contributed by atoms with Gasteiger partial charge in [-0.3, -0.25) is 4.79 Å². The Kier molecular flexibility index (Phi) is 5.28. The van der Waals surface area contributed by atoms with Gasteiger partial charge in [-0.2, -0.15) is 11.8 Å². The number of esters is 1. The van der Waals surface area contributed by atoms with Crippen LogP contribution in [0.4, 0.5) is 0 Å². The topological polar surface area (TPSA) is 52.3 Å². The highest BCUT2D eigenvalue weighted by molar-refractivity contribution is 7.99. The summed E-state index contributed by atoms with van der Waals surface area (Å²) in [5.74, 6) is 0.641. The van der Waals surface area contributed by atoms with E-state index in [0.717, 1.165) is 18.6 Å². The first-order chi connectivity index (χ1) is 9.22. The fraction of sp³-hybridized carbons (Fsp3) is 0.533. The smallest absolute Gasteiger partial charge is 0.306 e. The second kappa shape index (κ2) is 6.96. The molecule has 19 heavy (non-hydrogen) atoms. The molecule has 4 heteroatoms. The molecule has 2 unspecified atom stereocenters. The molecule has 1 aromatic carbocycles. The zero-order valence-corrected chi connectivity index (χ0v) is 12.1. The summed E-state index contributed by atoms with van der Waals surface area (Å²) in [6.07, 6.45) is 3.85. The summed E-state index contributed by atoms with van der Waals surface area (Å²) in [5, 5.41) is 0.397. The summed E-state index contributed by atoms with van der Waals surface area (Å²) in [5.41, 5.74) is 9.06. The third kappa shape index (κ3) is 3.74. The number of aryl methyl sites for hydroxylation is 1. The monoisotopic (exact) mass is 279 g/mol. The van der Waals surface area contributed by atoms with Crippen LogP contribution in [0.3, 0.4) is 0 Å². The van der Waals surface area contributed by atoms with Crippen molar-refractivity contribution in [2.24, 2.45) is 5.73 Å². The lowest BCUT2D eigenvalue weighted by Gasteiger charge is -2.22. The molecule has 0 spiro atoms. The third-order valence-electron chi connectivity index (χ3n) is 3.62. The normalized spacial score (nSPS) is 22.4. The Morgan fingerprint density at radius 2 is 2.26 bits per heavy atom. The van der Waals surface area contributed by atoms with Gasteiger partial charge in [0.2, 0.25) is 0 Å². The van der Waals surface area contributed by atoms with Crippen molar-refractivity contribution in [3.63, 3.8) is 0 Å². The fourth-order valence-corrected chi connectivity index (χ4v) is 3.82. The van der Waals surface area contributed by atoms with E-state index >= 15 is 0 Å². The number of rotatable bonds is 4. The number of nitrogens with two attached hydrogens (primary N) is 1. The second-order valence-electron chi connectivity index (χ2n) is 4.85. The predicted octanol–water partition coefficient (Wildman–Crippen LogP) is 2.69. The standard InChI is InChI=1S/C15H21NO2S/c1-18-14(17)9-10-19-13-8-4-6-11-5-2-3-7-12(11)15(13)16/h2-3,5,7,13,15H,4,6,8-10,16H2,1H3. The van der Waals surface area contributed by atoms with Crippen molar-refractivity contribution in [1.29, 1.82) is 0 Å². The Hall–Kier alpha value is -1.00. The van der Waals surface area contributed by atoms with Gasteiger partial charge in [-0.1, -0.05) is 24.3 Å². The van der Waals surface area contributed by atoms with E-state index < -0.39 is 0 Å². The molecular weight excluding hydrogens is 258 g/mol. The summed E-state index contributed by atoms with van der Waals surface area (Å²) < 4.78 is 4.66. The van der Waals surface area contributed by atoms with Crippen LogP contribution in [0.15, 0.2) is 24.3 Å². The molecule has 1 aromatic rings. The van der Waals surface area contributed by atoms with Gasteiger partial charge in [0.25, 0.3) is 0 Å². The van der Waals surface area contributed by atoms with E-state index in [1.54, 1.807) is 11.8 Å². The number of thioether (sulfide) groups is 1. The van der Waals surface area contributed by atoms with Crippen LogP contribution >= 0.6 is 11.8 Å². The highest BCUT2D eigenvalue weighted by atomic mass is 32.2. The van der Waals surface area contributed by atoms with Crippen molar-refractivity contribution < 1.29 is 9.53 Å². The maximum absolute atomic E-state index is 11.1. The molecule has 3 nitrogen and oxygen atoms in total. The molecule has 0 fully saturated rings. The molecule has 0 aromatic heterocycles. The summed E-state index contributed by atoms with van der Waals surface area (Å²) in [7, 11) is 1.43. The minimum Gasteiger partial charge on any atom is -0.469 e. The lowest BCUT2D eigenvalue weighted by Crippen LogP contribution is -2.23. The van der Waals surface area contributed by atoms with Crippen LogP contribution in [-0.4, -0.2) is 24.1 Å². The molecule has 0 radical (unpaired) electrons. The second-order valence-corrected chi connectivity index (χ2v) is 6.20. The van der Waals surface area contributed by atoms with Crippen LogP contribution in [0.25, 0.3) is 0 Å². The van der Waals surface area contributed by atoms with Gasteiger partial charge >= 0.3 is 5.97 Å². The van der Waals surface area contributed by atoms with Gasteiger partial charge in [0.05, 0.1) is 13.5 Å². The molecule has 2 atom stereocenters. The highest BCUT2D eigenvalue weighted by Crippen LogP contribution is 2.34. The Bertz CT molecular complexity index is 436. The van der Waals surface area contributed by atoms with Gasteiger partial charge in [-0.15, -0.1) is 0 Å². The van der Waals surface area contributed by atoms with Crippen molar-refractivity contribution in [3.8, 4) is 0 Å². The summed E-state index contributed by atoms with van der Waals surface area (Å²) in [4.78, 5) is 11.1. The molecule has 1 aliphatic rings. The van der Waals surface area contributed by atoms with Crippen molar-refractivity contribution in [1.82, 2.24) is 0 Å². The largest absolute Gasteiger partial charge is 0.469 e. The molecule has 0 amide bonds. The number of carbonyl (C=O) groups excluding carboxylic acids is 1. The molecule has 0 saturated heterocycles. The van der Waals surface area contributed by atoms with Crippen LogP contribution in [0.1, 0.15) is 36.4 Å². The number of hydrogen-bond acceptors (Lipinski definition) is 4. The van der Waals surface area contributed by atoms with Crippen molar-refractivity contribution in [3.05, 3.63) is 35.4 Å². The molecule has 0 bridgehead atoms. The van der Waals surface area contributed by atoms with Crippen molar-refractivity contribution in [2.45, 2.75) is 37.0 Å². The number of methoxy groups -OCH3 is 1. The first-order valence-corrected chi connectivity index (χ1v) is 7.79. The van der Waals surface area contributed by atoms with Gasteiger partial charge in [-0.25, -0.2) is 0 Å². The minimum absolute atomic E-state index is 0.0707. The van der Waals surface area contributed by atoms with Crippen molar-refractivity contribution >= 4 is 17.7 Å². The summed E-state index contributed by atoms with van der Waals surface area (Å²) in [6, 6.07) is 8.52. The van der Waals surface area contributed by atoms with E-state index in [-0.39, 0.29) is 12.0 Å². The average molecular weight is 279 g/mol. The summed E-state index contributed by atoms with van der Waals surface area (Å²) in [6.45, 7) is 0.